The number of benzene rings is 2. The highest BCUT2D eigenvalue weighted by molar-refractivity contribution is 6.03. The van der Waals surface area contributed by atoms with E-state index in [2.05, 4.69) is 10.4 Å². The molecule has 2 amide bonds. The van der Waals surface area contributed by atoms with Gasteiger partial charge in [0.2, 0.25) is 0 Å². The molecule has 0 bridgehead atoms. The fraction of sp³-hybridized carbons (Fsp3) is 0.150. The van der Waals surface area contributed by atoms with Gasteiger partial charge in [-0.1, -0.05) is 48.5 Å². The maximum absolute atomic E-state index is 13.0. The van der Waals surface area contributed by atoms with Crippen molar-refractivity contribution in [2.75, 3.05) is 5.32 Å². The minimum atomic E-state index is -4.61. The highest BCUT2D eigenvalue weighted by Crippen LogP contribution is 2.33. The standard InChI is InChI=1S/C20H15F3N4O2/c21-20(22,23)15-10-16(26-25-15)24-18(28)17(12-6-2-1-3-7-12)27-11-13-8-4-5-9-14(13)19(27)29/h1-10,17H,11H2,(H2,24,25,26,28)/t17-/m1/s1. The summed E-state index contributed by atoms with van der Waals surface area (Å²) in [7, 11) is 0. The van der Waals surface area contributed by atoms with E-state index in [1.807, 2.05) is 5.10 Å². The monoisotopic (exact) mass is 400 g/mol. The zero-order chi connectivity index (χ0) is 20.6. The van der Waals surface area contributed by atoms with E-state index in [-0.39, 0.29) is 18.3 Å². The Morgan fingerprint density at radius 2 is 1.79 bits per heavy atom. The molecule has 1 aliphatic rings. The van der Waals surface area contributed by atoms with Gasteiger partial charge < -0.3 is 10.2 Å². The molecule has 3 aromatic rings. The van der Waals surface area contributed by atoms with Crippen molar-refractivity contribution in [1.82, 2.24) is 15.1 Å². The Labute approximate surface area is 163 Å². The molecule has 1 aliphatic heterocycles. The molecule has 0 radical (unpaired) electrons. The van der Waals surface area contributed by atoms with Crippen molar-refractivity contribution in [3.63, 3.8) is 0 Å². The van der Waals surface area contributed by atoms with Crippen LogP contribution in [-0.4, -0.2) is 26.9 Å². The van der Waals surface area contributed by atoms with Crippen LogP contribution in [0, 0.1) is 0 Å². The predicted octanol–water partition coefficient (Wildman–Crippen LogP) is 3.76. The van der Waals surface area contributed by atoms with Crippen LogP contribution in [0.15, 0.2) is 60.7 Å². The predicted molar refractivity (Wildman–Crippen MR) is 97.7 cm³/mol. The van der Waals surface area contributed by atoms with Gasteiger partial charge in [0.05, 0.1) is 0 Å². The Bertz CT molecular complexity index is 1060. The van der Waals surface area contributed by atoms with Crippen molar-refractivity contribution < 1.29 is 22.8 Å². The first kappa shape index (κ1) is 18.7. The van der Waals surface area contributed by atoms with Gasteiger partial charge in [-0.2, -0.15) is 18.3 Å². The SMILES string of the molecule is O=C(Nc1cc(C(F)(F)F)[nH]n1)[C@@H](c1ccccc1)N1Cc2ccccc2C1=O. The number of carbonyl (C=O) groups excluding carboxylic acids is 2. The summed E-state index contributed by atoms with van der Waals surface area (Å²) in [6, 6.07) is 15.3. The van der Waals surface area contributed by atoms with E-state index in [1.54, 1.807) is 54.6 Å². The number of nitrogens with zero attached hydrogens (tertiary/aromatic N) is 2. The summed E-state index contributed by atoms with van der Waals surface area (Å²) >= 11 is 0. The van der Waals surface area contributed by atoms with E-state index in [0.29, 0.717) is 17.2 Å². The fourth-order valence-electron chi connectivity index (χ4n) is 3.32. The molecule has 0 fully saturated rings. The van der Waals surface area contributed by atoms with Gasteiger partial charge in [0, 0.05) is 18.2 Å². The second kappa shape index (κ2) is 7.08. The molecule has 2 aromatic carbocycles. The van der Waals surface area contributed by atoms with Crippen LogP contribution in [-0.2, 0) is 17.5 Å². The molecule has 2 N–H and O–H groups in total. The average molecular weight is 400 g/mol. The van der Waals surface area contributed by atoms with Gasteiger partial charge in [0.15, 0.2) is 5.82 Å². The Morgan fingerprint density at radius 3 is 2.45 bits per heavy atom. The molecular weight excluding hydrogens is 385 g/mol. The number of amides is 2. The Kier molecular flexibility index (Phi) is 4.57. The number of anilines is 1. The third kappa shape index (κ3) is 3.58. The minimum absolute atomic E-state index is 0.219. The topological polar surface area (TPSA) is 78.1 Å². The lowest BCUT2D eigenvalue weighted by atomic mass is 10.0. The Hall–Kier alpha value is -3.62. The zero-order valence-corrected chi connectivity index (χ0v) is 14.9. The number of halogens is 3. The summed E-state index contributed by atoms with van der Waals surface area (Å²) in [6.45, 7) is 0.219. The van der Waals surface area contributed by atoms with Crippen molar-refractivity contribution >= 4 is 17.6 Å². The zero-order valence-electron chi connectivity index (χ0n) is 14.9. The molecule has 0 spiro atoms. The van der Waals surface area contributed by atoms with Crippen molar-refractivity contribution in [3.8, 4) is 0 Å². The molecule has 4 rings (SSSR count). The van der Waals surface area contributed by atoms with Crippen LogP contribution in [0.1, 0.15) is 33.2 Å². The third-order valence-electron chi connectivity index (χ3n) is 4.66. The van der Waals surface area contributed by atoms with Gasteiger partial charge in [-0.05, 0) is 17.2 Å². The largest absolute Gasteiger partial charge is 0.432 e. The number of alkyl halides is 3. The number of nitrogens with one attached hydrogen (secondary N) is 2. The van der Waals surface area contributed by atoms with Crippen molar-refractivity contribution in [2.45, 2.75) is 18.8 Å². The highest BCUT2D eigenvalue weighted by atomic mass is 19.4. The first-order valence-electron chi connectivity index (χ1n) is 8.72. The van der Waals surface area contributed by atoms with E-state index in [9.17, 15) is 22.8 Å². The summed E-state index contributed by atoms with van der Waals surface area (Å²) in [5.74, 6) is -1.24. The molecule has 6 nitrogen and oxygen atoms in total. The van der Waals surface area contributed by atoms with Crippen molar-refractivity contribution in [1.29, 1.82) is 0 Å². The summed E-state index contributed by atoms with van der Waals surface area (Å²) < 4.78 is 38.3. The number of hydrogen-bond donors (Lipinski definition) is 2. The van der Waals surface area contributed by atoms with Gasteiger partial charge in [-0.25, -0.2) is 0 Å². The van der Waals surface area contributed by atoms with E-state index < -0.39 is 23.8 Å². The maximum Gasteiger partial charge on any atom is 0.432 e. The molecule has 0 saturated heterocycles. The van der Waals surface area contributed by atoms with Gasteiger partial charge in [0.25, 0.3) is 11.8 Å². The van der Waals surface area contributed by atoms with Gasteiger partial charge in [0.1, 0.15) is 11.7 Å². The number of aromatic amines is 1. The van der Waals surface area contributed by atoms with Gasteiger partial charge in [-0.15, -0.1) is 0 Å². The second-order valence-corrected chi connectivity index (χ2v) is 6.56. The molecule has 1 atom stereocenters. The lowest BCUT2D eigenvalue weighted by Crippen LogP contribution is -2.37. The first-order valence-corrected chi connectivity index (χ1v) is 8.72. The third-order valence-corrected chi connectivity index (χ3v) is 4.66. The minimum Gasteiger partial charge on any atom is -0.318 e. The van der Waals surface area contributed by atoms with Crippen LogP contribution in [0.25, 0.3) is 0 Å². The molecule has 29 heavy (non-hydrogen) atoms. The van der Waals surface area contributed by atoms with E-state index in [0.717, 1.165) is 5.56 Å². The van der Waals surface area contributed by atoms with E-state index in [1.165, 1.54) is 4.90 Å². The van der Waals surface area contributed by atoms with E-state index in [4.69, 9.17) is 0 Å². The molecule has 9 heteroatoms. The summed E-state index contributed by atoms with van der Waals surface area (Å²) in [5, 5.41) is 7.74. The Balaban J connectivity index is 1.65. The average Bonchev–Trinajstić information content (AvgIpc) is 3.29. The van der Waals surface area contributed by atoms with Crippen molar-refractivity contribution in [2.24, 2.45) is 0 Å². The summed E-state index contributed by atoms with van der Waals surface area (Å²) in [6.07, 6.45) is -4.61. The molecule has 0 aliphatic carbocycles. The van der Waals surface area contributed by atoms with E-state index >= 15 is 0 Å². The lowest BCUT2D eigenvalue weighted by molar-refractivity contribution is -0.141. The molecule has 1 aromatic heterocycles. The van der Waals surface area contributed by atoms with Crippen molar-refractivity contribution in [3.05, 3.63) is 83.0 Å². The van der Waals surface area contributed by atoms with Gasteiger partial charge in [-0.3, -0.25) is 14.7 Å². The lowest BCUT2D eigenvalue weighted by Gasteiger charge is -2.27. The fourth-order valence-corrected chi connectivity index (χ4v) is 3.32. The number of H-pyrrole nitrogens is 1. The number of fused-ring (bicyclic) bond motifs is 1. The number of hydrogen-bond acceptors (Lipinski definition) is 3. The van der Waals surface area contributed by atoms with Crippen LogP contribution in [0.2, 0.25) is 0 Å². The first-order chi connectivity index (χ1) is 13.8. The smallest absolute Gasteiger partial charge is 0.318 e. The van der Waals surface area contributed by atoms with Crippen LogP contribution in [0.3, 0.4) is 0 Å². The quantitative estimate of drug-likeness (QED) is 0.700. The van der Waals surface area contributed by atoms with Crippen LogP contribution >= 0.6 is 0 Å². The summed E-state index contributed by atoms with van der Waals surface area (Å²) in [5.41, 5.74) is 0.747. The molecule has 2 heterocycles. The van der Waals surface area contributed by atoms with Crippen LogP contribution < -0.4 is 5.32 Å². The number of carbonyl (C=O) groups is 2. The molecule has 0 saturated carbocycles. The highest BCUT2D eigenvalue weighted by Gasteiger charge is 2.38. The van der Waals surface area contributed by atoms with Crippen LogP contribution in [0.4, 0.5) is 19.0 Å². The summed E-state index contributed by atoms with van der Waals surface area (Å²) in [4.78, 5) is 27.3. The van der Waals surface area contributed by atoms with Gasteiger partial charge >= 0.3 is 6.18 Å². The maximum atomic E-state index is 13.0. The molecule has 0 unspecified atom stereocenters. The van der Waals surface area contributed by atoms with Crippen LogP contribution in [0.5, 0.6) is 0 Å². The molecular formula is C20H15F3N4O2. The molecule has 148 valence electrons. The second-order valence-electron chi connectivity index (χ2n) is 6.56. The Morgan fingerprint density at radius 1 is 1.10 bits per heavy atom. The normalized spacial score (nSPS) is 14.6. The number of aromatic nitrogens is 2. The number of rotatable bonds is 4.